The van der Waals surface area contributed by atoms with E-state index >= 15 is 0 Å². The lowest BCUT2D eigenvalue weighted by Gasteiger charge is -2.38. The number of rotatable bonds is 7. The van der Waals surface area contributed by atoms with Crippen LogP contribution in [0, 0.1) is 13.8 Å². The molecule has 0 spiro atoms. The standard InChI is InChI=1S/C31H33N7O/c1-22-13-14-26-19-27(31(39)32-28(26)23(22)2)29(30-33-34-35-38(30)21-25-11-7-4-8-12-25)37-17-15-36(16-18-37)20-24-9-5-3-6-10-24/h3-14,19,29H,15-18,20-21H2,1-2H3,(H,32,39). The highest BCUT2D eigenvalue weighted by molar-refractivity contribution is 5.83. The molecule has 1 aliphatic heterocycles. The number of piperazine rings is 1. The Morgan fingerprint density at radius 3 is 2.21 bits per heavy atom. The van der Waals surface area contributed by atoms with Crippen LogP contribution in [0.15, 0.2) is 83.7 Å². The topological polar surface area (TPSA) is 82.9 Å². The van der Waals surface area contributed by atoms with Crippen molar-refractivity contribution in [1.29, 1.82) is 0 Å². The zero-order valence-corrected chi connectivity index (χ0v) is 22.4. The van der Waals surface area contributed by atoms with E-state index in [4.69, 9.17) is 0 Å². The van der Waals surface area contributed by atoms with Crippen LogP contribution in [0.3, 0.4) is 0 Å². The first-order valence-electron chi connectivity index (χ1n) is 13.5. The van der Waals surface area contributed by atoms with Crippen molar-refractivity contribution in [3.05, 3.63) is 123 Å². The quantitative estimate of drug-likeness (QED) is 0.349. The average Bonchev–Trinajstić information content (AvgIpc) is 3.41. The van der Waals surface area contributed by atoms with Crippen molar-refractivity contribution in [3.8, 4) is 0 Å². The monoisotopic (exact) mass is 519 g/mol. The third kappa shape index (κ3) is 5.26. The number of pyridine rings is 1. The molecular weight excluding hydrogens is 486 g/mol. The number of tetrazole rings is 1. The normalized spacial score (nSPS) is 15.5. The summed E-state index contributed by atoms with van der Waals surface area (Å²) in [6.45, 7) is 8.98. The van der Waals surface area contributed by atoms with Crippen LogP contribution in [0.1, 0.15) is 39.7 Å². The minimum Gasteiger partial charge on any atom is -0.321 e. The van der Waals surface area contributed by atoms with Crippen LogP contribution < -0.4 is 5.56 Å². The van der Waals surface area contributed by atoms with Crippen molar-refractivity contribution in [2.75, 3.05) is 26.2 Å². The predicted octanol–water partition coefficient (Wildman–Crippen LogP) is 4.09. The Kier molecular flexibility index (Phi) is 7.04. The Hall–Kier alpha value is -4.14. The Morgan fingerprint density at radius 2 is 1.51 bits per heavy atom. The molecule has 0 bridgehead atoms. The van der Waals surface area contributed by atoms with Gasteiger partial charge in [-0.25, -0.2) is 4.68 Å². The van der Waals surface area contributed by atoms with Crippen LogP contribution >= 0.6 is 0 Å². The number of fused-ring (bicyclic) bond motifs is 1. The van der Waals surface area contributed by atoms with Gasteiger partial charge in [-0.15, -0.1) is 5.10 Å². The molecule has 1 unspecified atom stereocenters. The van der Waals surface area contributed by atoms with Gasteiger partial charge in [-0.3, -0.25) is 14.6 Å². The van der Waals surface area contributed by atoms with Crippen molar-refractivity contribution < 1.29 is 0 Å². The van der Waals surface area contributed by atoms with Crippen molar-refractivity contribution in [2.24, 2.45) is 0 Å². The number of hydrogen-bond donors (Lipinski definition) is 1. The fourth-order valence-electron chi connectivity index (χ4n) is 5.54. The van der Waals surface area contributed by atoms with Crippen LogP contribution in [0.4, 0.5) is 0 Å². The molecule has 1 N–H and O–H groups in total. The van der Waals surface area contributed by atoms with Gasteiger partial charge in [-0.1, -0.05) is 72.8 Å². The average molecular weight is 520 g/mol. The number of aromatic amines is 1. The van der Waals surface area contributed by atoms with Crippen LogP contribution in [0.5, 0.6) is 0 Å². The van der Waals surface area contributed by atoms with Crippen LogP contribution in [-0.2, 0) is 13.1 Å². The molecule has 2 aromatic heterocycles. The molecule has 39 heavy (non-hydrogen) atoms. The van der Waals surface area contributed by atoms with Gasteiger partial charge in [0, 0.05) is 38.3 Å². The highest BCUT2D eigenvalue weighted by Gasteiger charge is 2.32. The molecule has 0 aliphatic carbocycles. The summed E-state index contributed by atoms with van der Waals surface area (Å²) in [5.74, 6) is 0.684. The van der Waals surface area contributed by atoms with E-state index in [0.29, 0.717) is 17.9 Å². The second-order valence-corrected chi connectivity index (χ2v) is 10.4. The molecule has 1 aliphatic rings. The second-order valence-electron chi connectivity index (χ2n) is 10.4. The number of benzene rings is 3. The second kappa shape index (κ2) is 10.9. The largest absolute Gasteiger partial charge is 0.321 e. The first kappa shape index (κ1) is 25.2. The molecule has 0 saturated carbocycles. The maximum absolute atomic E-state index is 13.7. The van der Waals surface area contributed by atoms with Gasteiger partial charge in [0.05, 0.1) is 12.1 Å². The Balaban J connectivity index is 1.36. The van der Waals surface area contributed by atoms with Crippen molar-refractivity contribution in [1.82, 2.24) is 35.0 Å². The first-order valence-corrected chi connectivity index (χ1v) is 13.5. The highest BCUT2D eigenvalue weighted by Crippen LogP contribution is 2.29. The lowest BCUT2D eigenvalue weighted by Crippen LogP contribution is -2.48. The molecule has 0 amide bonds. The molecule has 1 atom stereocenters. The highest BCUT2D eigenvalue weighted by atomic mass is 16.1. The van der Waals surface area contributed by atoms with Gasteiger partial charge >= 0.3 is 0 Å². The summed E-state index contributed by atoms with van der Waals surface area (Å²) in [5.41, 5.74) is 6.13. The number of aryl methyl sites for hydroxylation is 2. The number of H-pyrrole nitrogens is 1. The molecule has 0 radical (unpaired) electrons. The van der Waals surface area contributed by atoms with Crippen LogP contribution in [0.2, 0.25) is 0 Å². The minimum absolute atomic E-state index is 0.0952. The summed E-state index contributed by atoms with van der Waals surface area (Å²) in [7, 11) is 0. The van der Waals surface area contributed by atoms with E-state index < -0.39 is 0 Å². The molecule has 198 valence electrons. The van der Waals surface area contributed by atoms with Gasteiger partial charge in [0.15, 0.2) is 5.82 Å². The van der Waals surface area contributed by atoms with Gasteiger partial charge in [0.2, 0.25) is 0 Å². The van der Waals surface area contributed by atoms with Gasteiger partial charge in [-0.2, -0.15) is 0 Å². The fourth-order valence-corrected chi connectivity index (χ4v) is 5.54. The number of nitrogens with zero attached hydrogens (tertiary/aromatic N) is 6. The van der Waals surface area contributed by atoms with E-state index in [1.54, 1.807) is 0 Å². The zero-order chi connectivity index (χ0) is 26.8. The van der Waals surface area contributed by atoms with Gasteiger partial charge in [-0.05, 0) is 58.0 Å². The van der Waals surface area contributed by atoms with Crippen LogP contribution in [0.25, 0.3) is 10.9 Å². The summed E-state index contributed by atoms with van der Waals surface area (Å²) >= 11 is 0. The lowest BCUT2D eigenvalue weighted by molar-refractivity contribution is 0.0998. The number of hydrogen-bond acceptors (Lipinski definition) is 6. The van der Waals surface area contributed by atoms with Gasteiger partial charge < -0.3 is 4.98 Å². The molecule has 3 heterocycles. The van der Waals surface area contributed by atoms with E-state index in [1.165, 1.54) is 5.56 Å². The zero-order valence-electron chi connectivity index (χ0n) is 22.4. The molecule has 3 aromatic carbocycles. The summed E-state index contributed by atoms with van der Waals surface area (Å²) in [6.07, 6.45) is 0. The third-order valence-corrected chi connectivity index (χ3v) is 7.87. The van der Waals surface area contributed by atoms with E-state index in [9.17, 15) is 4.79 Å². The lowest BCUT2D eigenvalue weighted by atomic mass is 9.99. The Morgan fingerprint density at radius 1 is 0.846 bits per heavy atom. The van der Waals surface area contributed by atoms with Gasteiger partial charge in [0.25, 0.3) is 5.56 Å². The van der Waals surface area contributed by atoms with E-state index in [1.807, 2.05) is 28.9 Å². The van der Waals surface area contributed by atoms with E-state index in [-0.39, 0.29) is 11.6 Å². The molecule has 1 saturated heterocycles. The van der Waals surface area contributed by atoms with E-state index in [2.05, 4.69) is 98.8 Å². The van der Waals surface area contributed by atoms with Crippen molar-refractivity contribution in [2.45, 2.75) is 33.0 Å². The maximum atomic E-state index is 13.7. The maximum Gasteiger partial charge on any atom is 0.253 e. The summed E-state index contributed by atoms with van der Waals surface area (Å²) in [4.78, 5) is 21.7. The third-order valence-electron chi connectivity index (χ3n) is 7.87. The Labute approximate surface area is 227 Å². The van der Waals surface area contributed by atoms with Crippen molar-refractivity contribution in [3.63, 3.8) is 0 Å². The minimum atomic E-state index is -0.364. The number of nitrogens with one attached hydrogen (secondary N) is 1. The first-order chi connectivity index (χ1) is 19.1. The van der Waals surface area contributed by atoms with E-state index in [0.717, 1.165) is 60.3 Å². The number of aromatic nitrogens is 5. The Bertz CT molecular complexity index is 1620. The van der Waals surface area contributed by atoms with Gasteiger partial charge in [0.1, 0.15) is 6.04 Å². The molecule has 8 nitrogen and oxygen atoms in total. The molecule has 6 rings (SSSR count). The SMILES string of the molecule is Cc1ccc2cc(C(c3nnnn3Cc3ccccc3)N3CCN(Cc4ccccc4)CC3)c(=O)[nH]c2c1C. The summed E-state index contributed by atoms with van der Waals surface area (Å²) in [5, 5.41) is 13.9. The predicted molar refractivity (Wildman–Crippen MR) is 153 cm³/mol. The molecule has 8 heteroatoms. The summed E-state index contributed by atoms with van der Waals surface area (Å²) in [6, 6.07) is 26.6. The molecule has 5 aromatic rings. The summed E-state index contributed by atoms with van der Waals surface area (Å²) < 4.78 is 1.83. The fraction of sp³-hybridized carbons (Fsp3) is 0.290. The molecule has 1 fully saturated rings. The smallest absolute Gasteiger partial charge is 0.253 e. The van der Waals surface area contributed by atoms with Crippen LogP contribution in [-0.4, -0.2) is 61.2 Å². The van der Waals surface area contributed by atoms with Crippen molar-refractivity contribution >= 4 is 10.9 Å². The molecular formula is C31H33N7O.